The van der Waals surface area contributed by atoms with Crippen molar-refractivity contribution in [1.82, 2.24) is 40.2 Å². The number of amides is 4. The first-order valence-corrected chi connectivity index (χ1v) is 11.6. The van der Waals surface area contributed by atoms with Crippen LogP contribution in [0, 0.1) is 4.77 Å². The highest BCUT2D eigenvalue weighted by molar-refractivity contribution is 7.71. The Morgan fingerprint density at radius 3 is 1.48 bits per heavy atom. The van der Waals surface area contributed by atoms with Crippen LogP contribution in [0.1, 0.15) is 75.1 Å². The van der Waals surface area contributed by atoms with Gasteiger partial charge >= 0.3 is 0 Å². The van der Waals surface area contributed by atoms with Crippen molar-refractivity contribution >= 4 is 35.8 Å². The Kier molecular flexibility index (Phi) is 10.4. The zero-order valence-corrected chi connectivity index (χ0v) is 20.5. The summed E-state index contributed by atoms with van der Waals surface area (Å²) in [5.41, 5.74) is 0.401. The minimum Gasteiger partial charge on any atom is -0.310 e. The molecular weight excluding hydrogens is 564 g/mol. The van der Waals surface area contributed by atoms with Gasteiger partial charge in [-0.15, -0.1) is 10.2 Å². The second-order valence-electron chi connectivity index (χ2n) is 8.20. The first-order valence-electron chi connectivity index (χ1n) is 11.2. The molecule has 2 aliphatic rings. The third kappa shape index (κ3) is 6.00. The summed E-state index contributed by atoms with van der Waals surface area (Å²) in [4.78, 5) is 78.2. The molecule has 15 heteroatoms. The Bertz CT molecular complexity index is 1780. The van der Waals surface area contributed by atoms with E-state index in [-0.39, 0.29) is 51.5 Å². The number of nitrogens with one attached hydrogen (secondary N) is 3. The van der Waals surface area contributed by atoms with Gasteiger partial charge in [0.15, 0.2) is 4.77 Å². The highest BCUT2D eigenvalue weighted by Gasteiger charge is 2.36. The minimum atomic E-state index is -0.523. The number of nitrogens with zero attached hydrogens (tertiary/aromatic N) is 5. The van der Waals surface area contributed by atoms with E-state index < -0.39 is 34.7 Å². The molecule has 2 aliphatic heterocycles. The third-order valence-electron chi connectivity index (χ3n) is 5.85. The molecule has 4 heterocycles. The van der Waals surface area contributed by atoms with Gasteiger partial charge in [-0.05, 0) is 36.5 Å². The topological polar surface area (TPSA) is 195 Å². The van der Waals surface area contributed by atoms with Gasteiger partial charge in [-0.1, -0.05) is 46.5 Å². The predicted molar refractivity (Wildman–Crippen MR) is 154 cm³/mol. The van der Waals surface area contributed by atoms with E-state index in [0.29, 0.717) is 22.3 Å². The van der Waals surface area contributed by atoms with Crippen LogP contribution in [0.5, 0.6) is 0 Å². The van der Waals surface area contributed by atoms with Crippen molar-refractivity contribution in [2.45, 2.75) is 35.4 Å². The minimum absolute atomic E-state index is 0. The summed E-state index contributed by atoms with van der Waals surface area (Å²) in [7, 11) is 0. The second kappa shape index (κ2) is 13.3. The summed E-state index contributed by atoms with van der Waals surface area (Å²) in [6.07, 6.45) is 1.15. The first kappa shape index (κ1) is 32.8. The average molecular weight is 593 g/mol. The number of aromatic nitrogens is 6. The van der Waals surface area contributed by atoms with Gasteiger partial charge in [-0.25, -0.2) is 0 Å². The standard InChI is InChI=1S/C12H8N4O3S.C12H8N4O3.3CH4/c17-9-8(14-15-12(20)13-9)5-16-10(18)6-3-1-2-4-7(6)11(16)19;17-10-9(15-14-6-13-10)5-16-11(18)7-3-1-2-4-8(7)12(16)19;;;/h1-4H,5H2,(H2,13,15,17,20);1-4,6H,5H2,(H,13,14,17);3*1H4. The SMILES string of the molecule is C.C.C.O=C1c2ccccc2C(=O)N1Cc1n[nH]c(=S)[nH]c1=O.O=C1c2ccccc2C(=O)N1Cc1nnc[nH]c1=O. The molecule has 2 aromatic carbocycles. The highest BCUT2D eigenvalue weighted by atomic mass is 32.1. The summed E-state index contributed by atoms with van der Waals surface area (Å²) >= 11 is 4.72. The molecule has 4 amide bonds. The van der Waals surface area contributed by atoms with Gasteiger partial charge in [0.1, 0.15) is 17.7 Å². The van der Waals surface area contributed by atoms with Crippen molar-refractivity contribution < 1.29 is 19.2 Å². The smallest absolute Gasteiger partial charge is 0.275 e. The fourth-order valence-electron chi connectivity index (χ4n) is 3.96. The van der Waals surface area contributed by atoms with Crippen molar-refractivity contribution in [3.8, 4) is 0 Å². The zero-order chi connectivity index (χ0) is 27.7. The lowest BCUT2D eigenvalue weighted by Gasteiger charge is -2.11. The summed E-state index contributed by atoms with van der Waals surface area (Å²) in [6.45, 7) is -0.386. The Morgan fingerprint density at radius 1 is 0.643 bits per heavy atom. The Morgan fingerprint density at radius 2 is 1.07 bits per heavy atom. The molecule has 0 spiro atoms. The maximum Gasteiger partial charge on any atom is 0.275 e. The summed E-state index contributed by atoms with van der Waals surface area (Å²) in [5, 5.41) is 13.3. The van der Waals surface area contributed by atoms with Crippen LogP contribution in [0.4, 0.5) is 0 Å². The number of rotatable bonds is 4. The molecule has 0 bridgehead atoms. The summed E-state index contributed by atoms with van der Waals surface area (Å²) in [6, 6.07) is 13.0. The van der Waals surface area contributed by atoms with Crippen molar-refractivity contribution in [2.75, 3.05) is 0 Å². The molecule has 0 saturated carbocycles. The van der Waals surface area contributed by atoms with Crippen molar-refractivity contribution in [3.05, 3.63) is 114 Å². The van der Waals surface area contributed by atoms with Crippen LogP contribution in [0.3, 0.4) is 0 Å². The number of hydrogen-bond donors (Lipinski definition) is 3. The van der Waals surface area contributed by atoms with Crippen molar-refractivity contribution in [1.29, 1.82) is 0 Å². The second-order valence-corrected chi connectivity index (χ2v) is 8.61. The van der Waals surface area contributed by atoms with E-state index in [0.717, 1.165) is 16.1 Å². The Hall–Kier alpha value is -5.44. The number of fused-ring (bicyclic) bond motifs is 2. The molecule has 4 aromatic rings. The monoisotopic (exact) mass is 592 g/mol. The lowest BCUT2D eigenvalue weighted by atomic mass is 10.1. The van der Waals surface area contributed by atoms with Crippen LogP contribution in [-0.2, 0) is 13.1 Å². The Balaban J connectivity index is 0.000000274. The molecule has 2 aromatic heterocycles. The van der Waals surface area contributed by atoms with E-state index >= 15 is 0 Å². The number of H-pyrrole nitrogens is 3. The molecule has 42 heavy (non-hydrogen) atoms. The molecule has 0 radical (unpaired) electrons. The summed E-state index contributed by atoms with van der Waals surface area (Å²) < 4.78 is 0.0844. The van der Waals surface area contributed by atoms with E-state index in [9.17, 15) is 28.8 Å². The number of carbonyl (C=O) groups excluding carboxylic acids is 4. The van der Waals surface area contributed by atoms with Crippen LogP contribution in [-0.4, -0.2) is 63.8 Å². The Labute approximate surface area is 244 Å². The average Bonchev–Trinajstić information content (AvgIpc) is 3.32. The fraction of sp³-hybridized carbons (Fsp3) is 0.185. The zero-order valence-electron chi connectivity index (χ0n) is 19.7. The lowest BCUT2D eigenvalue weighted by molar-refractivity contribution is 0.0624. The molecule has 0 saturated heterocycles. The molecule has 0 fully saturated rings. The molecule has 6 rings (SSSR count). The molecule has 218 valence electrons. The number of aromatic amines is 3. The van der Waals surface area contributed by atoms with E-state index in [1.54, 1.807) is 48.5 Å². The maximum atomic E-state index is 12.1. The molecule has 0 aliphatic carbocycles. The van der Waals surface area contributed by atoms with Gasteiger partial charge in [0.25, 0.3) is 34.7 Å². The molecule has 3 N–H and O–H groups in total. The molecule has 0 atom stereocenters. The largest absolute Gasteiger partial charge is 0.310 e. The van der Waals surface area contributed by atoms with E-state index in [1.165, 1.54) is 0 Å². The first-order chi connectivity index (χ1) is 18.8. The van der Waals surface area contributed by atoms with Crippen LogP contribution >= 0.6 is 12.2 Å². The van der Waals surface area contributed by atoms with E-state index in [2.05, 4.69) is 30.4 Å². The van der Waals surface area contributed by atoms with Crippen molar-refractivity contribution in [2.24, 2.45) is 0 Å². The fourth-order valence-corrected chi connectivity index (χ4v) is 4.10. The van der Waals surface area contributed by atoms with Crippen LogP contribution in [0.15, 0.2) is 64.4 Å². The van der Waals surface area contributed by atoms with Gasteiger partial charge < -0.3 is 4.98 Å². The number of carbonyl (C=O) groups is 4. The van der Waals surface area contributed by atoms with Gasteiger partial charge in [0.2, 0.25) is 0 Å². The third-order valence-corrected chi connectivity index (χ3v) is 6.04. The van der Waals surface area contributed by atoms with E-state index in [4.69, 9.17) is 12.2 Å². The predicted octanol–water partition coefficient (Wildman–Crippen LogP) is 2.49. The molecule has 0 unspecified atom stereocenters. The highest BCUT2D eigenvalue weighted by Crippen LogP contribution is 2.24. The van der Waals surface area contributed by atoms with Gasteiger partial charge in [0, 0.05) is 0 Å². The number of imide groups is 2. The van der Waals surface area contributed by atoms with Gasteiger partial charge in [0.05, 0.1) is 35.3 Å². The van der Waals surface area contributed by atoms with Crippen LogP contribution < -0.4 is 11.1 Å². The normalized spacial score (nSPS) is 12.8. The van der Waals surface area contributed by atoms with Crippen molar-refractivity contribution in [3.63, 3.8) is 0 Å². The number of hydrogen-bond acceptors (Lipinski definition) is 10. The quantitative estimate of drug-likeness (QED) is 0.234. The van der Waals surface area contributed by atoms with Gasteiger partial charge in [-0.2, -0.15) is 5.10 Å². The lowest BCUT2D eigenvalue weighted by Crippen LogP contribution is -2.32. The van der Waals surface area contributed by atoms with Gasteiger partial charge in [-0.3, -0.25) is 48.6 Å². The van der Waals surface area contributed by atoms with Crippen LogP contribution in [0.25, 0.3) is 0 Å². The summed E-state index contributed by atoms with van der Waals surface area (Å²) in [5.74, 6) is -1.72. The number of benzene rings is 2. The van der Waals surface area contributed by atoms with E-state index in [1.807, 2.05) is 0 Å². The molecular formula is C27H28N8O6S. The maximum absolute atomic E-state index is 12.1. The molecule has 14 nitrogen and oxygen atoms in total. The van der Waals surface area contributed by atoms with Crippen LogP contribution in [0.2, 0.25) is 0 Å².